The van der Waals surface area contributed by atoms with Gasteiger partial charge in [-0.15, -0.1) is 12.4 Å². The molecule has 27 heavy (non-hydrogen) atoms. The summed E-state index contributed by atoms with van der Waals surface area (Å²) in [6.45, 7) is 0.676. The minimum atomic E-state index is 0. The van der Waals surface area contributed by atoms with E-state index in [0.717, 1.165) is 36.3 Å². The molecule has 4 nitrogen and oxygen atoms in total. The Bertz CT molecular complexity index is 967. The zero-order valence-corrected chi connectivity index (χ0v) is 15.9. The molecule has 0 saturated carbocycles. The van der Waals surface area contributed by atoms with Crippen LogP contribution in [0.1, 0.15) is 41.3 Å². The second kappa shape index (κ2) is 7.20. The lowest BCUT2D eigenvalue weighted by atomic mass is 9.93. The van der Waals surface area contributed by atoms with Crippen LogP contribution in [-0.2, 0) is 12.8 Å². The molecular weight excluding hydrogens is 358 g/mol. The molecule has 0 fully saturated rings. The van der Waals surface area contributed by atoms with Gasteiger partial charge < -0.3 is 0 Å². The summed E-state index contributed by atoms with van der Waals surface area (Å²) in [6.07, 6.45) is 5.95. The Hall–Kier alpha value is -2.59. The maximum absolute atomic E-state index is 13.4. The molecular formula is C22H22ClN3O. The highest BCUT2D eigenvalue weighted by Gasteiger charge is 2.34. The van der Waals surface area contributed by atoms with Crippen molar-refractivity contribution in [3.05, 3.63) is 83.4 Å². The van der Waals surface area contributed by atoms with Gasteiger partial charge in [-0.2, -0.15) is 0 Å². The highest BCUT2D eigenvalue weighted by atomic mass is 35.5. The number of aromatic nitrogens is 2. The number of benzene rings is 2. The predicted octanol–water partition coefficient (Wildman–Crippen LogP) is 4.80. The lowest BCUT2D eigenvalue weighted by Crippen LogP contribution is -2.34. The van der Waals surface area contributed by atoms with E-state index in [0.29, 0.717) is 6.54 Å². The van der Waals surface area contributed by atoms with Crippen LogP contribution in [0.3, 0.4) is 0 Å². The summed E-state index contributed by atoms with van der Waals surface area (Å²) in [5.41, 5.74) is 5.69. The van der Waals surface area contributed by atoms with Gasteiger partial charge in [0.2, 0.25) is 0 Å². The van der Waals surface area contributed by atoms with Crippen LogP contribution >= 0.6 is 12.4 Å². The Kier molecular flexibility index (Phi) is 4.75. The van der Waals surface area contributed by atoms with Gasteiger partial charge in [0.15, 0.2) is 0 Å². The number of fused-ring (bicyclic) bond motifs is 2. The van der Waals surface area contributed by atoms with Crippen LogP contribution in [0.4, 0.5) is 10.5 Å². The van der Waals surface area contributed by atoms with Crippen molar-refractivity contribution >= 4 is 24.1 Å². The van der Waals surface area contributed by atoms with Crippen molar-refractivity contribution in [2.75, 3.05) is 11.4 Å². The van der Waals surface area contributed by atoms with E-state index < -0.39 is 0 Å². The number of nitrogens with zero attached hydrogens (tertiary/aromatic N) is 3. The zero-order chi connectivity index (χ0) is 17.5. The zero-order valence-electron chi connectivity index (χ0n) is 15.0. The first-order valence-corrected chi connectivity index (χ1v) is 9.34. The smallest absolute Gasteiger partial charge is 0.292 e. The summed E-state index contributed by atoms with van der Waals surface area (Å²) >= 11 is 0. The van der Waals surface area contributed by atoms with Crippen LogP contribution in [0.25, 0.3) is 0 Å². The number of anilines is 1. The van der Waals surface area contributed by atoms with Gasteiger partial charge in [-0.25, -0.2) is 9.78 Å². The molecule has 0 spiro atoms. The molecule has 1 aliphatic carbocycles. The van der Waals surface area contributed by atoms with Crippen LogP contribution in [0, 0.1) is 0 Å². The van der Waals surface area contributed by atoms with Gasteiger partial charge in [-0.1, -0.05) is 48.5 Å². The van der Waals surface area contributed by atoms with Gasteiger partial charge >= 0.3 is 6.03 Å². The van der Waals surface area contributed by atoms with Crippen molar-refractivity contribution in [3.63, 3.8) is 0 Å². The van der Waals surface area contributed by atoms with Gasteiger partial charge in [0.25, 0.3) is 0 Å². The fourth-order valence-electron chi connectivity index (χ4n) is 4.32. The van der Waals surface area contributed by atoms with Crippen molar-refractivity contribution in [2.24, 2.45) is 0 Å². The van der Waals surface area contributed by atoms with E-state index >= 15 is 0 Å². The lowest BCUT2D eigenvalue weighted by Gasteiger charge is -2.21. The first-order chi connectivity index (χ1) is 12.8. The molecule has 3 aromatic rings. The van der Waals surface area contributed by atoms with E-state index in [4.69, 9.17) is 0 Å². The van der Waals surface area contributed by atoms with Crippen LogP contribution in [0.5, 0.6) is 0 Å². The monoisotopic (exact) mass is 379 g/mol. The van der Waals surface area contributed by atoms with E-state index in [1.165, 1.54) is 17.5 Å². The Balaban J connectivity index is 0.00000180. The lowest BCUT2D eigenvalue weighted by molar-refractivity contribution is 0.247. The minimum Gasteiger partial charge on any atom is -0.292 e. The number of para-hydroxylation sites is 1. The number of rotatable bonds is 1. The molecule has 138 valence electrons. The number of amides is 1. The Morgan fingerprint density at radius 2 is 1.70 bits per heavy atom. The number of hydrogen-bond acceptors (Lipinski definition) is 2. The largest absolute Gasteiger partial charge is 0.334 e. The van der Waals surface area contributed by atoms with Crippen LogP contribution in [0.15, 0.2) is 60.9 Å². The van der Waals surface area contributed by atoms with Crippen molar-refractivity contribution in [1.82, 2.24) is 9.55 Å². The van der Waals surface area contributed by atoms with E-state index in [1.54, 1.807) is 10.9 Å². The number of aryl methyl sites for hydroxylation is 1. The SMILES string of the molecule is Cl.O=C(N1CC(c2ccccc2)c2ccccc21)n1cnc2c1CCCC2. The highest BCUT2D eigenvalue weighted by Crippen LogP contribution is 2.40. The molecule has 2 aromatic carbocycles. The molecule has 1 atom stereocenters. The maximum Gasteiger partial charge on any atom is 0.334 e. The molecule has 0 saturated heterocycles. The summed E-state index contributed by atoms with van der Waals surface area (Å²) in [4.78, 5) is 19.8. The van der Waals surface area contributed by atoms with Crippen molar-refractivity contribution in [3.8, 4) is 0 Å². The van der Waals surface area contributed by atoms with E-state index in [1.807, 2.05) is 17.0 Å². The van der Waals surface area contributed by atoms with Crippen molar-refractivity contribution < 1.29 is 4.79 Å². The standard InChI is InChI=1S/C22H21N3O.ClH/c26-22(25-15-23-19-11-5-7-13-21(19)25)24-14-18(16-8-2-1-3-9-16)17-10-4-6-12-20(17)24;/h1-4,6,8-10,12,15,18H,5,7,11,13-14H2;1H. The topological polar surface area (TPSA) is 38.1 Å². The Labute approximate surface area is 165 Å². The van der Waals surface area contributed by atoms with Crippen LogP contribution < -0.4 is 4.90 Å². The molecule has 2 aliphatic rings. The van der Waals surface area contributed by atoms with Crippen molar-refractivity contribution in [2.45, 2.75) is 31.6 Å². The van der Waals surface area contributed by atoms with Gasteiger partial charge in [0.1, 0.15) is 6.33 Å². The number of carbonyl (C=O) groups is 1. The summed E-state index contributed by atoms with van der Waals surface area (Å²) in [5.74, 6) is 0.218. The number of imidazole rings is 1. The second-order valence-electron chi connectivity index (χ2n) is 7.13. The number of hydrogen-bond donors (Lipinski definition) is 0. The molecule has 1 aromatic heterocycles. The first-order valence-electron chi connectivity index (χ1n) is 9.34. The Morgan fingerprint density at radius 1 is 0.963 bits per heavy atom. The summed E-state index contributed by atoms with van der Waals surface area (Å²) in [5, 5.41) is 0. The van der Waals surface area contributed by atoms with Gasteiger partial charge in [0.05, 0.1) is 11.4 Å². The van der Waals surface area contributed by atoms with Gasteiger partial charge in [-0.05, 0) is 42.9 Å². The quantitative estimate of drug-likeness (QED) is 0.608. The second-order valence-corrected chi connectivity index (χ2v) is 7.13. The molecule has 1 amide bonds. The maximum atomic E-state index is 13.4. The van der Waals surface area contributed by atoms with Crippen molar-refractivity contribution in [1.29, 1.82) is 0 Å². The van der Waals surface area contributed by atoms with Crippen LogP contribution in [0.2, 0.25) is 0 Å². The molecule has 0 N–H and O–H groups in total. The average molecular weight is 380 g/mol. The van der Waals surface area contributed by atoms with Crippen LogP contribution in [-0.4, -0.2) is 22.1 Å². The predicted molar refractivity (Wildman–Crippen MR) is 109 cm³/mol. The summed E-state index contributed by atoms with van der Waals surface area (Å²) < 4.78 is 1.78. The van der Waals surface area contributed by atoms with E-state index in [-0.39, 0.29) is 24.4 Å². The summed E-state index contributed by atoms with van der Waals surface area (Å²) in [7, 11) is 0. The third-order valence-electron chi connectivity index (χ3n) is 5.64. The average Bonchev–Trinajstić information content (AvgIpc) is 3.30. The molecule has 2 heterocycles. The van der Waals surface area contributed by atoms with Gasteiger partial charge in [-0.3, -0.25) is 9.47 Å². The normalized spacial score (nSPS) is 17.8. The third kappa shape index (κ3) is 2.94. The third-order valence-corrected chi connectivity index (χ3v) is 5.64. The number of carbonyl (C=O) groups excluding carboxylic acids is 1. The fraction of sp³-hybridized carbons (Fsp3) is 0.273. The molecule has 0 radical (unpaired) electrons. The van der Waals surface area contributed by atoms with E-state index in [9.17, 15) is 4.79 Å². The molecule has 1 unspecified atom stereocenters. The first kappa shape index (κ1) is 17.8. The fourth-order valence-corrected chi connectivity index (χ4v) is 4.32. The van der Waals surface area contributed by atoms with Gasteiger partial charge in [0, 0.05) is 18.2 Å². The number of halogens is 1. The molecule has 5 rings (SSSR count). The molecule has 5 heteroatoms. The Morgan fingerprint density at radius 3 is 2.56 bits per heavy atom. The summed E-state index contributed by atoms with van der Waals surface area (Å²) in [6, 6.07) is 18.7. The minimum absolute atomic E-state index is 0. The highest BCUT2D eigenvalue weighted by molar-refractivity contribution is 5.97. The molecule has 1 aliphatic heterocycles. The molecule has 0 bridgehead atoms. The van der Waals surface area contributed by atoms with E-state index in [2.05, 4.69) is 47.4 Å².